The average molecular weight is 360 g/mol. The predicted molar refractivity (Wildman–Crippen MR) is 80.7 cm³/mol. The average Bonchev–Trinajstić information content (AvgIpc) is 3.11. The largest absolute Gasteiger partial charge is 0.333 e. The molecule has 1 aliphatic rings. The summed E-state index contributed by atoms with van der Waals surface area (Å²) in [5, 5.41) is 1.80. The number of carbonyl (C=O) groups is 2. The molecule has 0 saturated heterocycles. The molecule has 0 radical (unpaired) electrons. The van der Waals surface area contributed by atoms with Gasteiger partial charge in [-0.3, -0.25) is 9.59 Å². The van der Waals surface area contributed by atoms with Crippen molar-refractivity contribution in [2.45, 2.75) is 0 Å². The number of benzene rings is 1. The van der Waals surface area contributed by atoms with Crippen LogP contribution in [0, 0.1) is 0 Å². The number of H-pyrrole nitrogens is 1. The number of hydrogen-bond donors (Lipinski definition) is 1. The van der Waals surface area contributed by atoms with E-state index in [9.17, 15) is 9.59 Å². The summed E-state index contributed by atoms with van der Waals surface area (Å²) < 4.78 is 0.716. The minimum atomic E-state index is -0.239. The van der Waals surface area contributed by atoms with Crippen molar-refractivity contribution < 1.29 is 9.59 Å². The normalized spacial score (nSPS) is 13.2. The van der Waals surface area contributed by atoms with E-state index in [-0.39, 0.29) is 23.0 Å². The third kappa shape index (κ3) is 1.81. The van der Waals surface area contributed by atoms with Gasteiger partial charge in [0.1, 0.15) is 17.1 Å². The molecule has 1 aliphatic carbocycles. The van der Waals surface area contributed by atoms with Crippen LogP contribution in [-0.2, 0) is 0 Å². The zero-order valence-corrected chi connectivity index (χ0v) is 12.8. The van der Waals surface area contributed by atoms with Crippen LogP contribution in [0.25, 0.3) is 11.5 Å². The first-order valence-electron chi connectivity index (χ1n) is 6.05. The molecular formula is C14H6BrN3O2S. The molecule has 102 valence electrons. The number of nitrogens with one attached hydrogen (secondary N) is 1. The summed E-state index contributed by atoms with van der Waals surface area (Å²) >= 11 is 4.69. The number of thiazole rings is 1. The second-order valence-corrected chi connectivity index (χ2v) is 6.63. The van der Waals surface area contributed by atoms with E-state index in [2.05, 4.69) is 30.9 Å². The molecule has 0 aliphatic heterocycles. The maximum atomic E-state index is 12.5. The Morgan fingerprint density at radius 3 is 2.43 bits per heavy atom. The highest BCUT2D eigenvalue weighted by Crippen LogP contribution is 2.29. The second-order valence-electron chi connectivity index (χ2n) is 4.50. The molecule has 0 spiro atoms. The van der Waals surface area contributed by atoms with Crippen LogP contribution in [0.2, 0.25) is 0 Å². The molecule has 21 heavy (non-hydrogen) atoms. The number of nitrogens with zero attached hydrogens (tertiary/aromatic N) is 2. The molecule has 0 fully saturated rings. The number of aromatic amines is 1. The maximum absolute atomic E-state index is 12.5. The Bertz CT molecular complexity index is 860. The molecule has 2 heterocycles. The van der Waals surface area contributed by atoms with Crippen LogP contribution >= 0.6 is 27.3 Å². The van der Waals surface area contributed by atoms with Gasteiger partial charge in [-0.2, -0.15) is 0 Å². The number of carbonyl (C=O) groups excluding carboxylic acids is 2. The highest BCUT2D eigenvalue weighted by molar-refractivity contribution is 9.11. The molecule has 0 atom stereocenters. The van der Waals surface area contributed by atoms with Crippen molar-refractivity contribution in [3.05, 3.63) is 56.1 Å². The van der Waals surface area contributed by atoms with E-state index in [0.717, 1.165) is 0 Å². The quantitative estimate of drug-likeness (QED) is 0.566. The number of imidazole rings is 1. The Morgan fingerprint density at radius 2 is 1.76 bits per heavy atom. The van der Waals surface area contributed by atoms with Gasteiger partial charge in [-0.05, 0) is 15.9 Å². The van der Waals surface area contributed by atoms with Gasteiger partial charge >= 0.3 is 0 Å². The first-order valence-corrected chi connectivity index (χ1v) is 7.72. The number of rotatable bonds is 1. The van der Waals surface area contributed by atoms with Crippen LogP contribution in [0.4, 0.5) is 0 Å². The van der Waals surface area contributed by atoms with Gasteiger partial charge in [0.2, 0.25) is 11.6 Å². The Morgan fingerprint density at radius 1 is 1.05 bits per heavy atom. The van der Waals surface area contributed by atoms with Crippen LogP contribution in [0.3, 0.4) is 0 Å². The van der Waals surface area contributed by atoms with E-state index in [4.69, 9.17) is 0 Å². The van der Waals surface area contributed by atoms with Crippen molar-refractivity contribution in [3.63, 3.8) is 0 Å². The lowest BCUT2D eigenvalue weighted by atomic mass is 9.90. The summed E-state index contributed by atoms with van der Waals surface area (Å²) in [5.41, 5.74) is 1.80. The molecular weight excluding hydrogens is 354 g/mol. The molecule has 0 unspecified atom stereocenters. The van der Waals surface area contributed by atoms with Gasteiger partial charge in [-0.15, -0.1) is 11.3 Å². The van der Waals surface area contributed by atoms with E-state index >= 15 is 0 Å². The molecule has 1 aromatic carbocycles. The van der Waals surface area contributed by atoms with Crippen molar-refractivity contribution >= 4 is 38.8 Å². The summed E-state index contributed by atoms with van der Waals surface area (Å²) in [6, 6.07) is 6.77. The fraction of sp³-hybridized carbons (Fsp3) is 0. The Kier molecular flexibility index (Phi) is 2.66. The van der Waals surface area contributed by atoms with Gasteiger partial charge in [-0.25, -0.2) is 9.97 Å². The molecule has 0 amide bonds. The van der Waals surface area contributed by atoms with Gasteiger partial charge in [0.15, 0.2) is 9.74 Å². The minimum Gasteiger partial charge on any atom is -0.333 e. The van der Waals surface area contributed by atoms with Gasteiger partial charge in [-0.1, -0.05) is 24.3 Å². The van der Waals surface area contributed by atoms with Gasteiger partial charge < -0.3 is 4.98 Å². The molecule has 5 nitrogen and oxygen atoms in total. The molecule has 4 rings (SSSR count). The number of halogens is 1. The maximum Gasteiger partial charge on any atom is 0.214 e. The van der Waals surface area contributed by atoms with E-state index in [0.29, 0.717) is 26.6 Å². The highest BCUT2D eigenvalue weighted by Gasteiger charge is 2.33. The fourth-order valence-electron chi connectivity index (χ4n) is 2.33. The van der Waals surface area contributed by atoms with E-state index in [1.165, 1.54) is 11.3 Å². The smallest absolute Gasteiger partial charge is 0.214 e. The molecule has 2 aromatic heterocycles. The van der Waals surface area contributed by atoms with Gasteiger partial charge in [0.05, 0.1) is 0 Å². The number of hydrogen-bond acceptors (Lipinski definition) is 5. The molecule has 1 N–H and O–H groups in total. The summed E-state index contributed by atoms with van der Waals surface area (Å²) in [4.78, 5) is 36.3. The zero-order chi connectivity index (χ0) is 14.6. The molecule has 0 saturated carbocycles. The van der Waals surface area contributed by atoms with Crippen LogP contribution in [0.5, 0.6) is 0 Å². The second kappa shape index (κ2) is 4.44. The summed E-state index contributed by atoms with van der Waals surface area (Å²) in [7, 11) is 0. The minimum absolute atomic E-state index is 0.165. The van der Waals surface area contributed by atoms with Crippen molar-refractivity contribution in [2.75, 3.05) is 0 Å². The summed E-state index contributed by atoms with van der Waals surface area (Å²) in [6.45, 7) is 0. The monoisotopic (exact) mass is 359 g/mol. The van der Waals surface area contributed by atoms with Gasteiger partial charge in [0.25, 0.3) is 0 Å². The zero-order valence-electron chi connectivity index (χ0n) is 10.4. The summed E-state index contributed by atoms with van der Waals surface area (Å²) in [6.07, 6.45) is 0. The van der Waals surface area contributed by atoms with Crippen molar-refractivity contribution in [3.8, 4) is 11.5 Å². The standard InChI is InChI=1S/C14H6BrN3O2S/c15-14-16-8(5-21-14)13-17-9-10(18-13)12(20)7-4-2-1-3-6(7)11(9)19/h1-5H,(H,17,18). The topological polar surface area (TPSA) is 75.7 Å². The summed E-state index contributed by atoms with van der Waals surface area (Å²) in [5.74, 6) is -0.0262. The van der Waals surface area contributed by atoms with E-state index in [1.807, 2.05) is 0 Å². The number of ketones is 2. The van der Waals surface area contributed by atoms with Crippen molar-refractivity contribution in [1.29, 1.82) is 0 Å². The number of fused-ring (bicyclic) bond motifs is 2. The first-order chi connectivity index (χ1) is 10.1. The lowest BCUT2D eigenvalue weighted by molar-refractivity contribution is 0.0974. The Labute approximate surface area is 131 Å². The van der Waals surface area contributed by atoms with E-state index < -0.39 is 0 Å². The third-order valence-electron chi connectivity index (χ3n) is 3.28. The molecule has 3 aromatic rings. The third-order valence-corrected chi connectivity index (χ3v) is 4.65. The van der Waals surface area contributed by atoms with Crippen LogP contribution in [0.1, 0.15) is 32.1 Å². The lowest BCUT2D eigenvalue weighted by Crippen LogP contribution is -2.20. The lowest BCUT2D eigenvalue weighted by Gasteiger charge is -2.11. The fourth-order valence-corrected chi connectivity index (χ4v) is 3.32. The number of aromatic nitrogens is 3. The van der Waals surface area contributed by atoms with Crippen LogP contribution < -0.4 is 0 Å². The van der Waals surface area contributed by atoms with Crippen LogP contribution in [0.15, 0.2) is 33.6 Å². The first kappa shape index (κ1) is 12.6. The van der Waals surface area contributed by atoms with Gasteiger partial charge in [0, 0.05) is 16.5 Å². The molecule has 7 heteroatoms. The molecule has 0 bridgehead atoms. The van der Waals surface area contributed by atoms with Crippen molar-refractivity contribution in [1.82, 2.24) is 15.0 Å². The predicted octanol–water partition coefficient (Wildman–Crippen LogP) is 3.07. The Hall–Kier alpha value is -2.12. The van der Waals surface area contributed by atoms with Crippen LogP contribution in [-0.4, -0.2) is 26.5 Å². The van der Waals surface area contributed by atoms with E-state index in [1.54, 1.807) is 29.6 Å². The highest BCUT2D eigenvalue weighted by atomic mass is 79.9. The SMILES string of the molecule is O=C1c2ccccc2C(=O)c2[nH]c(-c3csc(Br)n3)nc21. The Balaban J connectivity index is 1.91. The van der Waals surface area contributed by atoms with Crippen molar-refractivity contribution in [2.24, 2.45) is 0 Å².